The molecular formula is C25H36FN5O. The van der Waals surface area contributed by atoms with Crippen molar-refractivity contribution in [3.63, 3.8) is 0 Å². The lowest BCUT2D eigenvalue weighted by molar-refractivity contribution is 0.185. The van der Waals surface area contributed by atoms with Crippen molar-refractivity contribution in [1.82, 2.24) is 20.2 Å². The number of piperazine rings is 1. The lowest BCUT2D eigenvalue weighted by Gasteiger charge is -2.38. The number of carbonyl (C=O) groups excluding carboxylic acids is 1. The number of hydrogen-bond acceptors (Lipinski definition) is 4. The zero-order chi connectivity index (χ0) is 23.5. The Labute approximate surface area is 191 Å². The number of anilines is 1. The summed E-state index contributed by atoms with van der Waals surface area (Å²) in [5.74, 6) is 1.72. The summed E-state index contributed by atoms with van der Waals surface area (Å²) in [5, 5.41) is 3.04. The third-order valence-electron chi connectivity index (χ3n) is 5.94. The molecule has 6 nitrogen and oxygen atoms in total. The Hall–Kier alpha value is -2.70. The van der Waals surface area contributed by atoms with Crippen LogP contribution >= 0.6 is 0 Å². The minimum Gasteiger partial charge on any atom is -0.353 e. The Kier molecular flexibility index (Phi) is 7.36. The van der Waals surface area contributed by atoms with Crippen LogP contribution in [0.25, 0.3) is 0 Å². The largest absolute Gasteiger partial charge is 0.353 e. The maximum Gasteiger partial charge on any atom is 0.317 e. The van der Waals surface area contributed by atoms with E-state index in [2.05, 4.69) is 24.1 Å². The van der Waals surface area contributed by atoms with Gasteiger partial charge in [-0.25, -0.2) is 19.2 Å². The van der Waals surface area contributed by atoms with E-state index in [9.17, 15) is 9.18 Å². The van der Waals surface area contributed by atoms with E-state index in [1.54, 1.807) is 6.07 Å². The second kappa shape index (κ2) is 9.84. The highest BCUT2D eigenvalue weighted by Crippen LogP contribution is 2.28. The summed E-state index contributed by atoms with van der Waals surface area (Å²) in [5.41, 5.74) is 2.21. The maximum atomic E-state index is 14.4. The van der Waals surface area contributed by atoms with Gasteiger partial charge in [0.15, 0.2) is 0 Å². The SMILES string of the molecule is CCC(C)c1nc(C)c(Cc2ccccc2F)c(N2CCN(C(=O)NC(C)(C)C)CC2)n1. The molecule has 1 aliphatic rings. The van der Waals surface area contributed by atoms with E-state index in [0.29, 0.717) is 38.2 Å². The monoisotopic (exact) mass is 441 g/mol. The van der Waals surface area contributed by atoms with E-state index in [-0.39, 0.29) is 23.3 Å². The summed E-state index contributed by atoms with van der Waals surface area (Å²) in [6.07, 6.45) is 1.39. The average molecular weight is 442 g/mol. The first kappa shape index (κ1) is 24.0. The molecule has 1 fully saturated rings. The van der Waals surface area contributed by atoms with Crippen LogP contribution in [0.5, 0.6) is 0 Å². The van der Waals surface area contributed by atoms with Gasteiger partial charge in [0.2, 0.25) is 0 Å². The lowest BCUT2D eigenvalue weighted by Crippen LogP contribution is -2.55. The van der Waals surface area contributed by atoms with E-state index in [0.717, 1.165) is 29.3 Å². The number of hydrogen-bond donors (Lipinski definition) is 1. The molecule has 0 bridgehead atoms. The summed E-state index contributed by atoms with van der Waals surface area (Å²) in [6.45, 7) is 14.8. The second-order valence-electron chi connectivity index (χ2n) is 9.70. The van der Waals surface area contributed by atoms with Crippen molar-refractivity contribution < 1.29 is 9.18 Å². The molecule has 2 aromatic rings. The molecule has 1 unspecified atom stereocenters. The third-order valence-corrected chi connectivity index (χ3v) is 5.94. The number of urea groups is 1. The van der Waals surface area contributed by atoms with Crippen LogP contribution in [0.2, 0.25) is 0 Å². The molecule has 0 radical (unpaired) electrons. The first-order valence-corrected chi connectivity index (χ1v) is 11.5. The number of amides is 2. The molecule has 1 aromatic carbocycles. The van der Waals surface area contributed by atoms with Crippen molar-refractivity contribution in [2.45, 2.75) is 65.8 Å². The molecule has 1 saturated heterocycles. The molecule has 1 atom stereocenters. The molecule has 1 aromatic heterocycles. The van der Waals surface area contributed by atoms with Gasteiger partial charge in [0, 0.05) is 55.3 Å². The fraction of sp³-hybridized carbons (Fsp3) is 0.560. The van der Waals surface area contributed by atoms with Crippen molar-refractivity contribution in [2.24, 2.45) is 0 Å². The summed E-state index contributed by atoms with van der Waals surface area (Å²) in [4.78, 5) is 26.4. The first-order chi connectivity index (χ1) is 15.1. The van der Waals surface area contributed by atoms with Gasteiger partial charge in [-0.2, -0.15) is 0 Å². The summed E-state index contributed by atoms with van der Waals surface area (Å²) in [6, 6.07) is 6.83. The van der Waals surface area contributed by atoms with Gasteiger partial charge >= 0.3 is 6.03 Å². The van der Waals surface area contributed by atoms with Crippen molar-refractivity contribution >= 4 is 11.8 Å². The summed E-state index contributed by atoms with van der Waals surface area (Å²) >= 11 is 0. The highest BCUT2D eigenvalue weighted by atomic mass is 19.1. The Balaban J connectivity index is 1.88. The van der Waals surface area contributed by atoms with Gasteiger partial charge in [-0.05, 0) is 45.7 Å². The van der Waals surface area contributed by atoms with Gasteiger partial charge < -0.3 is 15.1 Å². The van der Waals surface area contributed by atoms with Crippen molar-refractivity contribution in [2.75, 3.05) is 31.1 Å². The number of aromatic nitrogens is 2. The summed E-state index contributed by atoms with van der Waals surface area (Å²) < 4.78 is 14.4. The van der Waals surface area contributed by atoms with Crippen LogP contribution in [0.1, 0.15) is 69.6 Å². The predicted octanol–water partition coefficient (Wildman–Crippen LogP) is 4.66. The highest BCUT2D eigenvalue weighted by molar-refractivity contribution is 5.75. The average Bonchev–Trinajstić information content (AvgIpc) is 2.74. The number of nitrogens with zero attached hydrogens (tertiary/aromatic N) is 4. The second-order valence-corrected chi connectivity index (χ2v) is 9.70. The van der Waals surface area contributed by atoms with Crippen LogP contribution in [0.4, 0.5) is 15.0 Å². The maximum absolute atomic E-state index is 14.4. The molecule has 0 saturated carbocycles. The topological polar surface area (TPSA) is 61.4 Å². The van der Waals surface area contributed by atoms with Crippen LogP contribution in [0, 0.1) is 12.7 Å². The smallest absolute Gasteiger partial charge is 0.317 e. The Bertz CT molecular complexity index is 948. The molecule has 32 heavy (non-hydrogen) atoms. The third kappa shape index (κ3) is 5.75. The van der Waals surface area contributed by atoms with Gasteiger partial charge in [-0.15, -0.1) is 0 Å². The van der Waals surface area contributed by atoms with Crippen LogP contribution in [-0.2, 0) is 6.42 Å². The zero-order valence-electron chi connectivity index (χ0n) is 20.2. The number of carbonyl (C=O) groups is 1. The van der Waals surface area contributed by atoms with E-state index in [4.69, 9.17) is 9.97 Å². The van der Waals surface area contributed by atoms with Gasteiger partial charge in [0.1, 0.15) is 17.5 Å². The molecule has 1 N–H and O–H groups in total. The normalized spacial score (nSPS) is 15.6. The number of halogens is 1. The van der Waals surface area contributed by atoms with Crippen LogP contribution in [-0.4, -0.2) is 52.6 Å². The van der Waals surface area contributed by atoms with Crippen molar-refractivity contribution in [3.8, 4) is 0 Å². The van der Waals surface area contributed by atoms with Crippen molar-refractivity contribution in [3.05, 3.63) is 52.7 Å². The van der Waals surface area contributed by atoms with Crippen molar-refractivity contribution in [1.29, 1.82) is 0 Å². The lowest BCUT2D eigenvalue weighted by atomic mass is 10.0. The zero-order valence-corrected chi connectivity index (χ0v) is 20.2. The van der Waals surface area contributed by atoms with Crippen LogP contribution in [0.3, 0.4) is 0 Å². The van der Waals surface area contributed by atoms with Crippen LogP contribution < -0.4 is 10.2 Å². The fourth-order valence-electron chi connectivity index (χ4n) is 3.83. The van der Waals surface area contributed by atoms with Gasteiger partial charge in [-0.1, -0.05) is 32.0 Å². The molecule has 1 aliphatic heterocycles. The Morgan fingerprint density at radius 3 is 2.41 bits per heavy atom. The van der Waals surface area contributed by atoms with Gasteiger partial charge in [0.05, 0.1) is 0 Å². The first-order valence-electron chi connectivity index (χ1n) is 11.5. The highest BCUT2D eigenvalue weighted by Gasteiger charge is 2.27. The molecule has 0 aliphatic carbocycles. The van der Waals surface area contributed by atoms with E-state index in [1.807, 2.05) is 44.7 Å². The molecule has 7 heteroatoms. The predicted molar refractivity (Wildman–Crippen MR) is 127 cm³/mol. The molecule has 2 heterocycles. The quantitative estimate of drug-likeness (QED) is 0.733. The van der Waals surface area contributed by atoms with Gasteiger partial charge in [0.25, 0.3) is 0 Å². The van der Waals surface area contributed by atoms with Crippen LogP contribution in [0.15, 0.2) is 24.3 Å². The summed E-state index contributed by atoms with van der Waals surface area (Å²) in [7, 11) is 0. The molecule has 0 spiro atoms. The molecule has 3 rings (SSSR count). The standard InChI is InChI=1S/C25H36FN5O/c1-7-17(2)22-27-18(3)20(16-19-10-8-9-11-21(19)26)23(28-22)30-12-14-31(15-13-30)24(32)29-25(4,5)6/h8-11,17H,7,12-16H2,1-6H3,(H,29,32). The number of aryl methyl sites for hydroxylation is 1. The Morgan fingerprint density at radius 1 is 1.16 bits per heavy atom. The minimum atomic E-state index is -0.268. The van der Waals surface area contributed by atoms with E-state index < -0.39 is 0 Å². The van der Waals surface area contributed by atoms with Gasteiger partial charge in [-0.3, -0.25) is 0 Å². The Morgan fingerprint density at radius 2 is 1.81 bits per heavy atom. The molecule has 174 valence electrons. The number of benzene rings is 1. The number of nitrogens with one attached hydrogen (secondary N) is 1. The fourth-order valence-corrected chi connectivity index (χ4v) is 3.83. The van der Waals surface area contributed by atoms with E-state index in [1.165, 1.54) is 6.07 Å². The number of rotatable bonds is 5. The minimum absolute atomic E-state index is 0.0390. The molecule has 2 amide bonds. The van der Waals surface area contributed by atoms with E-state index >= 15 is 0 Å². The molecular weight excluding hydrogens is 405 g/mol.